The van der Waals surface area contributed by atoms with Crippen LogP contribution >= 0.6 is 0 Å². The average molecular weight is 205 g/mol. The monoisotopic (exact) mass is 205 g/mol. The van der Waals surface area contributed by atoms with E-state index in [1.54, 1.807) is 12.1 Å². The van der Waals surface area contributed by atoms with Crippen molar-refractivity contribution in [3.8, 4) is 0 Å². The number of hydrogen-bond acceptors (Lipinski definition) is 1. The van der Waals surface area contributed by atoms with Crippen LogP contribution in [0, 0.1) is 11.7 Å². The summed E-state index contributed by atoms with van der Waals surface area (Å²) in [5, 5.41) is 3.52. The fourth-order valence-electron chi connectivity index (χ4n) is 2.24. The van der Waals surface area contributed by atoms with Crippen molar-refractivity contribution in [2.45, 2.75) is 31.2 Å². The van der Waals surface area contributed by atoms with Crippen LogP contribution in [0.25, 0.3) is 0 Å². The van der Waals surface area contributed by atoms with Crippen LogP contribution in [0.3, 0.4) is 0 Å². The van der Waals surface area contributed by atoms with Gasteiger partial charge in [0.05, 0.1) is 0 Å². The van der Waals surface area contributed by atoms with Crippen molar-refractivity contribution in [2.75, 3.05) is 6.54 Å². The number of nitrogens with one attached hydrogen (secondary N) is 1. The van der Waals surface area contributed by atoms with Crippen LogP contribution in [0.4, 0.5) is 4.39 Å². The summed E-state index contributed by atoms with van der Waals surface area (Å²) in [4.78, 5) is 0. The maximum Gasteiger partial charge on any atom is 0.126 e. The molecule has 0 bridgehead atoms. The third-order valence-electron chi connectivity index (χ3n) is 3.47. The maximum atomic E-state index is 13.4. The number of hydrogen-bond donors (Lipinski definition) is 1. The largest absolute Gasteiger partial charge is 0.314 e. The van der Waals surface area contributed by atoms with Gasteiger partial charge in [0.15, 0.2) is 0 Å². The van der Waals surface area contributed by atoms with Crippen LogP contribution in [0.15, 0.2) is 24.3 Å². The molecule has 0 radical (unpaired) electrons. The first-order valence-electron chi connectivity index (χ1n) is 5.82. The Labute approximate surface area is 89.7 Å². The maximum absolute atomic E-state index is 13.4. The number of halogens is 1. The second-order valence-electron chi connectivity index (χ2n) is 4.81. The summed E-state index contributed by atoms with van der Waals surface area (Å²) in [6.45, 7) is 1.07. The second kappa shape index (κ2) is 3.60. The van der Waals surface area contributed by atoms with E-state index in [4.69, 9.17) is 0 Å². The quantitative estimate of drug-likeness (QED) is 0.797. The molecule has 2 fully saturated rings. The highest BCUT2D eigenvalue weighted by molar-refractivity contribution is 5.27. The molecule has 2 aliphatic rings. The van der Waals surface area contributed by atoms with Gasteiger partial charge in [-0.25, -0.2) is 4.39 Å². The van der Waals surface area contributed by atoms with Gasteiger partial charge >= 0.3 is 0 Å². The zero-order chi connectivity index (χ0) is 10.3. The van der Waals surface area contributed by atoms with Crippen LogP contribution in [0.5, 0.6) is 0 Å². The molecule has 0 heterocycles. The Balaban J connectivity index is 1.58. The molecule has 1 nitrogen and oxygen atoms in total. The molecule has 1 aromatic carbocycles. The van der Waals surface area contributed by atoms with E-state index in [1.807, 2.05) is 12.1 Å². The van der Waals surface area contributed by atoms with Crippen LogP contribution in [-0.4, -0.2) is 12.6 Å². The Bertz CT molecular complexity index is 359. The normalized spacial score (nSPS) is 29.1. The summed E-state index contributed by atoms with van der Waals surface area (Å²) >= 11 is 0. The molecular weight excluding hydrogens is 189 g/mol. The van der Waals surface area contributed by atoms with Gasteiger partial charge in [-0.15, -0.1) is 0 Å². The van der Waals surface area contributed by atoms with Gasteiger partial charge in [-0.2, -0.15) is 0 Å². The lowest BCUT2D eigenvalue weighted by atomic mass is 10.1. The minimum absolute atomic E-state index is 0.0311. The topological polar surface area (TPSA) is 12.0 Å². The van der Waals surface area contributed by atoms with E-state index >= 15 is 0 Å². The number of rotatable bonds is 4. The van der Waals surface area contributed by atoms with Crippen molar-refractivity contribution in [1.29, 1.82) is 0 Å². The summed E-state index contributed by atoms with van der Waals surface area (Å²) in [5.74, 6) is 1.11. The first-order valence-corrected chi connectivity index (χ1v) is 5.82. The highest BCUT2D eigenvalue weighted by Gasteiger charge is 2.40. The second-order valence-corrected chi connectivity index (χ2v) is 4.81. The molecule has 80 valence electrons. The summed E-state index contributed by atoms with van der Waals surface area (Å²) in [7, 11) is 0. The summed E-state index contributed by atoms with van der Waals surface area (Å²) < 4.78 is 13.4. The summed E-state index contributed by atoms with van der Waals surface area (Å²) in [6.07, 6.45) is 3.81. The van der Waals surface area contributed by atoms with Crippen LogP contribution < -0.4 is 5.32 Å². The molecule has 3 rings (SSSR count). The summed E-state index contributed by atoms with van der Waals surface area (Å²) in [6, 6.07) is 7.96. The smallest absolute Gasteiger partial charge is 0.126 e. The molecular formula is C13H16FN. The van der Waals surface area contributed by atoms with Gasteiger partial charge in [0, 0.05) is 6.04 Å². The average Bonchev–Trinajstić information content (AvgIpc) is 3.12. The van der Waals surface area contributed by atoms with Gasteiger partial charge in [-0.3, -0.25) is 0 Å². The van der Waals surface area contributed by atoms with Gasteiger partial charge in [-0.05, 0) is 49.3 Å². The summed E-state index contributed by atoms with van der Waals surface area (Å²) in [5.41, 5.74) is 0.917. The van der Waals surface area contributed by atoms with E-state index in [0.717, 1.165) is 24.6 Å². The molecule has 2 unspecified atom stereocenters. The van der Waals surface area contributed by atoms with E-state index in [9.17, 15) is 4.39 Å². The van der Waals surface area contributed by atoms with Crippen molar-refractivity contribution in [2.24, 2.45) is 5.92 Å². The number of benzene rings is 1. The predicted molar refractivity (Wildman–Crippen MR) is 58.3 cm³/mol. The van der Waals surface area contributed by atoms with Crippen molar-refractivity contribution in [3.63, 3.8) is 0 Å². The molecule has 2 aliphatic carbocycles. The van der Waals surface area contributed by atoms with Gasteiger partial charge in [-0.1, -0.05) is 18.2 Å². The molecule has 2 heteroatoms. The minimum atomic E-state index is -0.0311. The van der Waals surface area contributed by atoms with E-state index in [-0.39, 0.29) is 5.82 Å². The third-order valence-corrected chi connectivity index (χ3v) is 3.47. The first-order chi connectivity index (χ1) is 7.34. The Morgan fingerprint density at radius 1 is 1.27 bits per heavy atom. The van der Waals surface area contributed by atoms with Crippen molar-refractivity contribution in [1.82, 2.24) is 5.32 Å². The Morgan fingerprint density at radius 3 is 2.80 bits per heavy atom. The molecule has 2 saturated carbocycles. The van der Waals surface area contributed by atoms with Gasteiger partial charge < -0.3 is 5.32 Å². The lowest BCUT2D eigenvalue weighted by Gasteiger charge is -2.03. The van der Waals surface area contributed by atoms with Gasteiger partial charge in [0.2, 0.25) is 0 Å². The highest BCUT2D eigenvalue weighted by atomic mass is 19.1. The van der Waals surface area contributed by atoms with Crippen LogP contribution in [-0.2, 0) is 0 Å². The van der Waals surface area contributed by atoms with Gasteiger partial charge in [0.25, 0.3) is 0 Å². The fourth-order valence-corrected chi connectivity index (χ4v) is 2.24. The molecule has 0 spiro atoms. The Kier molecular flexibility index (Phi) is 2.24. The van der Waals surface area contributed by atoms with E-state index in [1.165, 1.54) is 12.8 Å². The van der Waals surface area contributed by atoms with E-state index in [0.29, 0.717) is 11.8 Å². The molecule has 0 saturated heterocycles. The SMILES string of the molecule is Fc1ccccc1C1CC1CNC1CC1. The standard InChI is InChI=1S/C13H16FN/c14-13-4-2-1-3-11(13)12-7-9(12)8-15-10-5-6-10/h1-4,9-10,12,15H,5-8H2. The van der Waals surface area contributed by atoms with Crippen LogP contribution in [0.2, 0.25) is 0 Å². The third kappa shape index (κ3) is 2.05. The Morgan fingerprint density at radius 2 is 2.07 bits per heavy atom. The molecule has 0 amide bonds. The zero-order valence-electron chi connectivity index (χ0n) is 8.75. The van der Waals surface area contributed by atoms with E-state index < -0.39 is 0 Å². The van der Waals surface area contributed by atoms with Gasteiger partial charge in [0.1, 0.15) is 5.82 Å². The Hall–Kier alpha value is -0.890. The molecule has 1 N–H and O–H groups in total. The molecule has 15 heavy (non-hydrogen) atoms. The first kappa shape index (κ1) is 9.34. The highest BCUT2D eigenvalue weighted by Crippen LogP contribution is 2.47. The lowest BCUT2D eigenvalue weighted by Crippen LogP contribution is -2.19. The zero-order valence-corrected chi connectivity index (χ0v) is 8.75. The molecule has 2 atom stereocenters. The fraction of sp³-hybridized carbons (Fsp3) is 0.538. The lowest BCUT2D eigenvalue weighted by molar-refractivity contribution is 0.591. The van der Waals surface area contributed by atoms with Crippen molar-refractivity contribution >= 4 is 0 Å². The molecule has 0 aliphatic heterocycles. The van der Waals surface area contributed by atoms with Crippen LogP contribution in [0.1, 0.15) is 30.7 Å². The molecule has 1 aromatic rings. The molecule has 0 aromatic heterocycles. The van der Waals surface area contributed by atoms with Crippen molar-refractivity contribution in [3.05, 3.63) is 35.6 Å². The van der Waals surface area contributed by atoms with E-state index in [2.05, 4.69) is 5.32 Å². The predicted octanol–water partition coefficient (Wildman–Crippen LogP) is 2.68. The minimum Gasteiger partial charge on any atom is -0.314 e. The van der Waals surface area contributed by atoms with Crippen molar-refractivity contribution < 1.29 is 4.39 Å².